The Kier molecular flexibility index (Phi) is 5.85. The van der Waals surface area contributed by atoms with Gasteiger partial charge >= 0.3 is 6.09 Å². The number of morpholine rings is 1. The van der Waals surface area contributed by atoms with Crippen molar-refractivity contribution in [3.05, 3.63) is 48.3 Å². The van der Waals surface area contributed by atoms with Gasteiger partial charge in [-0.2, -0.15) is 0 Å². The van der Waals surface area contributed by atoms with Crippen LogP contribution in [-0.2, 0) is 9.47 Å². The first kappa shape index (κ1) is 20.2. The predicted molar refractivity (Wildman–Crippen MR) is 115 cm³/mol. The molecular weight excluding hydrogens is 382 g/mol. The van der Waals surface area contributed by atoms with E-state index in [0.29, 0.717) is 19.7 Å². The van der Waals surface area contributed by atoms with E-state index in [0.717, 1.165) is 29.0 Å². The SMILES string of the molecule is Cc1ccc(-n2nc(N3CCOC(CNC(=O)OC(C)C)C3)c3ccncc32)cc1. The number of hydrogen-bond acceptors (Lipinski definition) is 6. The Morgan fingerprint density at radius 2 is 2.10 bits per heavy atom. The second kappa shape index (κ2) is 8.71. The molecule has 1 aromatic carbocycles. The van der Waals surface area contributed by atoms with E-state index in [4.69, 9.17) is 14.6 Å². The Hall–Kier alpha value is -3.13. The molecule has 0 saturated carbocycles. The number of nitrogens with one attached hydrogen (secondary N) is 1. The van der Waals surface area contributed by atoms with Crippen molar-refractivity contribution in [3.63, 3.8) is 0 Å². The van der Waals surface area contributed by atoms with Crippen molar-refractivity contribution >= 4 is 22.8 Å². The van der Waals surface area contributed by atoms with Crippen molar-refractivity contribution in [1.82, 2.24) is 20.1 Å². The number of pyridine rings is 1. The van der Waals surface area contributed by atoms with E-state index in [2.05, 4.69) is 46.4 Å². The van der Waals surface area contributed by atoms with Gasteiger partial charge in [-0.25, -0.2) is 9.48 Å². The third-order valence-corrected chi connectivity index (χ3v) is 5.00. The number of nitrogens with zero attached hydrogens (tertiary/aromatic N) is 4. The molecular formula is C22H27N5O3. The normalized spacial score (nSPS) is 16.8. The molecule has 1 atom stereocenters. The summed E-state index contributed by atoms with van der Waals surface area (Å²) in [6, 6.07) is 10.3. The van der Waals surface area contributed by atoms with Crippen LogP contribution in [0, 0.1) is 6.92 Å². The highest BCUT2D eigenvalue weighted by Gasteiger charge is 2.25. The number of carbonyl (C=O) groups excluding carboxylic acids is 1. The fourth-order valence-electron chi connectivity index (χ4n) is 3.55. The second-order valence-corrected chi connectivity index (χ2v) is 7.74. The summed E-state index contributed by atoms with van der Waals surface area (Å²) in [5.41, 5.74) is 3.15. The highest BCUT2D eigenvalue weighted by Crippen LogP contribution is 2.29. The van der Waals surface area contributed by atoms with Gasteiger partial charge in [0.05, 0.1) is 36.2 Å². The summed E-state index contributed by atoms with van der Waals surface area (Å²) in [4.78, 5) is 18.3. The lowest BCUT2D eigenvalue weighted by Crippen LogP contribution is -2.48. The molecule has 0 aliphatic carbocycles. The van der Waals surface area contributed by atoms with Crippen molar-refractivity contribution in [2.75, 3.05) is 31.1 Å². The largest absolute Gasteiger partial charge is 0.447 e. The van der Waals surface area contributed by atoms with E-state index in [1.54, 1.807) is 6.20 Å². The maximum absolute atomic E-state index is 11.8. The molecule has 8 heteroatoms. The van der Waals surface area contributed by atoms with Crippen molar-refractivity contribution in [2.24, 2.45) is 0 Å². The molecule has 1 unspecified atom stereocenters. The maximum atomic E-state index is 11.8. The number of ether oxygens (including phenoxy) is 2. The van der Waals surface area contributed by atoms with Gasteiger partial charge in [0.1, 0.15) is 0 Å². The molecule has 1 saturated heterocycles. The van der Waals surface area contributed by atoms with Gasteiger partial charge in [0.15, 0.2) is 5.82 Å². The molecule has 2 aromatic heterocycles. The lowest BCUT2D eigenvalue weighted by atomic mass is 10.2. The quantitative estimate of drug-likeness (QED) is 0.698. The number of hydrogen-bond donors (Lipinski definition) is 1. The minimum absolute atomic E-state index is 0.139. The smallest absolute Gasteiger partial charge is 0.407 e. The second-order valence-electron chi connectivity index (χ2n) is 7.74. The summed E-state index contributed by atoms with van der Waals surface area (Å²) < 4.78 is 12.9. The molecule has 158 valence electrons. The van der Waals surface area contributed by atoms with Crippen LogP contribution in [0.4, 0.5) is 10.6 Å². The van der Waals surface area contributed by atoms with E-state index in [1.807, 2.05) is 30.8 Å². The van der Waals surface area contributed by atoms with E-state index < -0.39 is 6.09 Å². The summed E-state index contributed by atoms with van der Waals surface area (Å²) in [5, 5.41) is 8.74. The van der Waals surface area contributed by atoms with Crippen LogP contribution in [0.25, 0.3) is 16.6 Å². The van der Waals surface area contributed by atoms with Gasteiger partial charge in [0.2, 0.25) is 0 Å². The molecule has 8 nitrogen and oxygen atoms in total. The lowest BCUT2D eigenvalue weighted by Gasteiger charge is -2.33. The number of fused-ring (bicyclic) bond motifs is 1. The Morgan fingerprint density at radius 3 is 2.87 bits per heavy atom. The van der Waals surface area contributed by atoms with Crippen molar-refractivity contribution in [1.29, 1.82) is 0 Å². The number of alkyl carbamates (subject to hydrolysis) is 1. The monoisotopic (exact) mass is 409 g/mol. The molecule has 1 aliphatic rings. The van der Waals surface area contributed by atoms with Crippen LogP contribution in [0.5, 0.6) is 0 Å². The average molecular weight is 409 g/mol. The van der Waals surface area contributed by atoms with Crippen molar-refractivity contribution in [3.8, 4) is 5.69 Å². The first-order chi connectivity index (χ1) is 14.5. The number of rotatable bonds is 5. The molecule has 1 N–H and O–H groups in total. The molecule has 3 aromatic rings. The minimum Gasteiger partial charge on any atom is -0.447 e. The Labute approximate surface area is 175 Å². The van der Waals surface area contributed by atoms with Gasteiger partial charge < -0.3 is 19.7 Å². The number of carbonyl (C=O) groups is 1. The van der Waals surface area contributed by atoms with Gasteiger partial charge in [0.25, 0.3) is 0 Å². The zero-order chi connectivity index (χ0) is 21.1. The fourth-order valence-corrected chi connectivity index (χ4v) is 3.55. The van der Waals surface area contributed by atoms with E-state index in [-0.39, 0.29) is 12.2 Å². The highest BCUT2D eigenvalue weighted by atomic mass is 16.6. The molecule has 3 heterocycles. The van der Waals surface area contributed by atoms with Gasteiger partial charge in [-0.05, 0) is 39.0 Å². The van der Waals surface area contributed by atoms with Gasteiger partial charge in [0, 0.05) is 31.2 Å². The molecule has 0 spiro atoms. The number of benzene rings is 1. The van der Waals surface area contributed by atoms with Gasteiger partial charge in [-0.1, -0.05) is 17.7 Å². The Morgan fingerprint density at radius 1 is 1.30 bits per heavy atom. The molecule has 1 aliphatic heterocycles. The third-order valence-electron chi connectivity index (χ3n) is 5.00. The van der Waals surface area contributed by atoms with E-state index in [9.17, 15) is 4.79 Å². The number of anilines is 1. The van der Waals surface area contributed by atoms with Crippen LogP contribution in [0.1, 0.15) is 19.4 Å². The molecule has 4 rings (SSSR count). The number of aryl methyl sites for hydroxylation is 1. The standard InChI is InChI=1S/C22H27N5O3/c1-15(2)30-22(28)24-12-18-14-26(10-11-29-18)21-19-8-9-23-13-20(19)27(25-21)17-6-4-16(3)5-7-17/h4-9,13,15,18H,10-12,14H2,1-3H3,(H,24,28). The zero-order valence-electron chi connectivity index (χ0n) is 17.5. The van der Waals surface area contributed by atoms with Gasteiger partial charge in [-0.3, -0.25) is 4.98 Å². The Bertz CT molecular complexity index is 1020. The number of amides is 1. The topological polar surface area (TPSA) is 81.5 Å². The van der Waals surface area contributed by atoms with Crippen LogP contribution in [0.15, 0.2) is 42.7 Å². The predicted octanol–water partition coefficient (Wildman–Crippen LogP) is 3.07. The summed E-state index contributed by atoms with van der Waals surface area (Å²) in [7, 11) is 0. The number of aromatic nitrogens is 3. The van der Waals surface area contributed by atoms with E-state index in [1.165, 1.54) is 5.56 Å². The van der Waals surface area contributed by atoms with Crippen LogP contribution >= 0.6 is 0 Å². The maximum Gasteiger partial charge on any atom is 0.407 e. The molecule has 30 heavy (non-hydrogen) atoms. The summed E-state index contributed by atoms with van der Waals surface area (Å²) in [5.74, 6) is 0.894. The highest BCUT2D eigenvalue weighted by molar-refractivity contribution is 5.91. The zero-order valence-corrected chi connectivity index (χ0v) is 17.5. The third kappa shape index (κ3) is 4.38. The average Bonchev–Trinajstić information content (AvgIpc) is 3.12. The van der Waals surface area contributed by atoms with Crippen molar-refractivity contribution in [2.45, 2.75) is 33.0 Å². The van der Waals surface area contributed by atoms with Crippen LogP contribution in [-0.4, -0.2) is 59.3 Å². The van der Waals surface area contributed by atoms with Gasteiger partial charge in [-0.15, -0.1) is 5.10 Å². The van der Waals surface area contributed by atoms with E-state index >= 15 is 0 Å². The molecule has 1 amide bonds. The Balaban J connectivity index is 1.55. The fraction of sp³-hybridized carbons (Fsp3) is 0.409. The van der Waals surface area contributed by atoms with Crippen molar-refractivity contribution < 1.29 is 14.3 Å². The van der Waals surface area contributed by atoms with Crippen LogP contribution in [0.3, 0.4) is 0 Å². The summed E-state index contributed by atoms with van der Waals surface area (Å²) in [6.07, 6.45) is 2.91. The van der Waals surface area contributed by atoms with Crippen LogP contribution in [0.2, 0.25) is 0 Å². The first-order valence-electron chi connectivity index (χ1n) is 10.2. The molecule has 1 fully saturated rings. The first-order valence-corrected chi connectivity index (χ1v) is 10.2. The summed E-state index contributed by atoms with van der Waals surface area (Å²) >= 11 is 0. The summed E-state index contributed by atoms with van der Waals surface area (Å²) in [6.45, 7) is 8.03. The molecule has 0 bridgehead atoms. The lowest BCUT2D eigenvalue weighted by molar-refractivity contribution is 0.0379. The minimum atomic E-state index is -0.425. The molecule has 0 radical (unpaired) electrons. The van der Waals surface area contributed by atoms with Crippen LogP contribution < -0.4 is 10.2 Å².